The molecule has 1 saturated carbocycles. The number of ether oxygens (including phenoxy) is 1. The largest absolute Gasteiger partial charge is 0.385 e. The minimum absolute atomic E-state index is 0.235. The number of aliphatic imine (C=N–C) groups is 1. The number of rotatable bonds is 7. The molecule has 3 rings (SSSR count). The zero-order valence-electron chi connectivity index (χ0n) is 15.8. The standard InChI is InChI=1S/C19H30FN5O/c1-21-18(23-14-19(7-4-8-19)9-12-26-2)24-15-6-11-25(13-15)17-16(20)5-3-10-22-17/h3,5,10,15H,4,6-9,11-14H2,1-2H3,(H2,21,23,24). The number of halogens is 1. The van der Waals surface area contributed by atoms with E-state index in [4.69, 9.17) is 4.74 Å². The molecule has 0 spiro atoms. The molecule has 1 aromatic heterocycles. The van der Waals surface area contributed by atoms with Gasteiger partial charge in [0.1, 0.15) is 0 Å². The van der Waals surface area contributed by atoms with E-state index in [1.165, 1.54) is 25.3 Å². The highest BCUT2D eigenvalue weighted by Crippen LogP contribution is 2.43. The fourth-order valence-electron chi connectivity index (χ4n) is 3.85. The van der Waals surface area contributed by atoms with Crippen LogP contribution in [0.3, 0.4) is 0 Å². The molecular weight excluding hydrogens is 333 g/mol. The van der Waals surface area contributed by atoms with E-state index in [0.29, 0.717) is 11.2 Å². The molecule has 1 aliphatic carbocycles. The number of methoxy groups -OCH3 is 1. The molecule has 2 heterocycles. The highest BCUT2D eigenvalue weighted by Gasteiger charge is 2.36. The van der Waals surface area contributed by atoms with Crippen molar-refractivity contribution in [1.82, 2.24) is 15.6 Å². The lowest BCUT2D eigenvalue weighted by Gasteiger charge is -2.42. The summed E-state index contributed by atoms with van der Waals surface area (Å²) in [5, 5.41) is 6.97. The molecule has 6 nitrogen and oxygen atoms in total. The van der Waals surface area contributed by atoms with Crippen molar-refractivity contribution in [2.45, 2.75) is 38.1 Å². The summed E-state index contributed by atoms with van der Waals surface area (Å²) in [5.41, 5.74) is 0.340. The van der Waals surface area contributed by atoms with Crippen LogP contribution in [0.25, 0.3) is 0 Å². The molecule has 2 N–H and O–H groups in total. The van der Waals surface area contributed by atoms with Gasteiger partial charge in [-0.25, -0.2) is 9.37 Å². The molecule has 1 aliphatic heterocycles. The number of nitrogens with one attached hydrogen (secondary N) is 2. The second-order valence-electron chi connectivity index (χ2n) is 7.41. The number of guanidine groups is 1. The van der Waals surface area contributed by atoms with Crippen LogP contribution < -0.4 is 15.5 Å². The smallest absolute Gasteiger partial charge is 0.191 e. The molecule has 2 fully saturated rings. The van der Waals surface area contributed by atoms with E-state index in [1.54, 1.807) is 26.4 Å². The van der Waals surface area contributed by atoms with Crippen molar-refractivity contribution in [2.24, 2.45) is 10.4 Å². The quantitative estimate of drug-likeness (QED) is 0.574. The molecule has 0 amide bonds. The zero-order valence-corrected chi connectivity index (χ0v) is 15.8. The molecule has 0 bridgehead atoms. The first kappa shape index (κ1) is 18.9. The Morgan fingerprint density at radius 3 is 3.00 bits per heavy atom. The molecular formula is C19H30FN5O. The molecule has 0 radical (unpaired) electrons. The normalized spacial score (nSPS) is 22.2. The predicted octanol–water partition coefficient (Wildman–Crippen LogP) is 2.17. The van der Waals surface area contributed by atoms with Gasteiger partial charge in [-0.15, -0.1) is 0 Å². The van der Waals surface area contributed by atoms with E-state index in [2.05, 4.69) is 20.6 Å². The van der Waals surface area contributed by atoms with Crippen molar-refractivity contribution in [1.29, 1.82) is 0 Å². The van der Waals surface area contributed by atoms with Crippen LogP contribution in [0.5, 0.6) is 0 Å². The monoisotopic (exact) mass is 363 g/mol. The second-order valence-corrected chi connectivity index (χ2v) is 7.41. The first-order valence-corrected chi connectivity index (χ1v) is 9.47. The fourth-order valence-corrected chi connectivity index (χ4v) is 3.85. The Morgan fingerprint density at radius 2 is 2.35 bits per heavy atom. The average Bonchev–Trinajstić information content (AvgIpc) is 3.08. The van der Waals surface area contributed by atoms with Crippen molar-refractivity contribution < 1.29 is 9.13 Å². The molecule has 26 heavy (non-hydrogen) atoms. The maximum Gasteiger partial charge on any atom is 0.191 e. The summed E-state index contributed by atoms with van der Waals surface area (Å²) in [5.74, 6) is 0.996. The van der Waals surface area contributed by atoms with Crippen LogP contribution in [0, 0.1) is 11.2 Å². The van der Waals surface area contributed by atoms with Crippen molar-refractivity contribution >= 4 is 11.8 Å². The van der Waals surface area contributed by atoms with Crippen molar-refractivity contribution in [3.05, 3.63) is 24.1 Å². The molecule has 2 aliphatic rings. The summed E-state index contributed by atoms with van der Waals surface area (Å²) < 4.78 is 19.2. The van der Waals surface area contributed by atoms with E-state index < -0.39 is 0 Å². The summed E-state index contributed by atoms with van der Waals surface area (Å²) in [6.07, 6.45) is 7.45. The highest BCUT2D eigenvalue weighted by atomic mass is 19.1. The van der Waals surface area contributed by atoms with Crippen LogP contribution in [-0.2, 0) is 4.74 Å². The van der Waals surface area contributed by atoms with Gasteiger partial charge in [-0.2, -0.15) is 0 Å². The summed E-state index contributed by atoms with van der Waals surface area (Å²) in [7, 11) is 3.56. The topological polar surface area (TPSA) is 61.8 Å². The van der Waals surface area contributed by atoms with Gasteiger partial charge < -0.3 is 20.3 Å². The lowest BCUT2D eigenvalue weighted by Crippen LogP contribution is -2.49. The minimum atomic E-state index is -0.263. The second kappa shape index (κ2) is 8.66. The van der Waals surface area contributed by atoms with Crippen molar-refractivity contribution in [3.63, 3.8) is 0 Å². The summed E-state index contributed by atoms with van der Waals surface area (Å²) in [6.45, 7) is 3.24. The molecule has 1 aromatic rings. The van der Waals surface area contributed by atoms with Gasteiger partial charge in [-0.1, -0.05) is 6.42 Å². The number of aromatic nitrogens is 1. The van der Waals surface area contributed by atoms with E-state index in [9.17, 15) is 4.39 Å². The van der Waals surface area contributed by atoms with Crippen LogP contribution in [0.4, 0.5) is 10.2 Å². The third-order valence-corrected chi connectivity index (χ3v) is 5.67. The van der Waals surface area contributed by atoms with E-state index in [1.807, 2.05) is 4.90 Å². The van der Waals surface area contributed by atoms with Gasteiger partial charge in [0.05, 0.1) is 0 Å². The van der Waals surface area contributed by atoms with Crippen LogP contribution in [0.2, 0.25) is 0 Å². The molecule has 1 atom stereocenters. The third kappa shape index (κ3) is 4.44. The Balaban J connectivity index is 1.49. The third-order valence-electron chi connectivity index (χ3n) is 5.67. The highest BCUT2D eigenvalue weighted by molar-refractivity contribution is 5.80. The molecule has 144 valence electrons. The van der Waals surface area contributed by atoms with Crippen LogP contribution in [-0.4, -0.2) is 57.4 Å². The summed E-state index contributed by atoms with van der Waals surface area (Å²) in [6, 6.07) is 3.32. The lowest BCUT2D eigenvalue weighted by molar-refractivity contribution is 0.0732. The van der Waals surface area contributed by atoms with Gasteiger partial charge >= 0.3 is 0 Å². The van der Waals surface area contributed by atoms with Crippen molar-refractivity contribution in [2.75, 3.05) is 45.3 Å². The van der Waals surface area contributed by atoms with E-state index >= 15 is 0 Å². The average molecular weight is 363 g/mol. The SMILES string of the molecule is CN=C(NCC1(CCOC)CCC1)NC1CCN(c2ncccc2F)C1. The number of nitrogens with zero attached hydrogens (tertiary/aromatic N) is 3. The number of pyridine rings is 1. The summed E-state index contributed by atoms with van der Waals surface area (Å²) >= 11 is 0. The Hall–Kier alpha value is -1.89. The molecule has 0 aromatic carbocycles. The first-order valence-electron chi connectivity index (χ1n) is 9.47. The number of anilines is 1. The van der Waals surface area contributed by atoms with Gasteiger partial charge in [-0.3, -0.25) is 4.99 Å². The van der Waals surface area contributed by atoms with Gasteiger partial charge in [-0.05, 0) is 43.2 Å². The predicted molar refractivity (Wildman–Crippen MR) is 102 cm³/mol. The van der Waals surface area contributed by atoms with Crippen LogP contribution >= 0.6 is 0 Å². The van der Waals surface area contributed by atoms with Gasteiger partial charge in [0, 0.05) is 52.6 Å². The Bertz CT molecular complexity index is 620. The Labute approximate surface area is 155 Å². The molecule has 1 saturated heterocycles. The van der Waals surface area contributed by atoms with Gasteiger partial charge in [0.2, 0.25) is 0 Å². The maximum atomic E-state index is 13.9. The number of hydrogen-bond donors (Lipinski definition) is 2. The van der Waals surface area contributed by atoms with Crippen molar-refractivity contribution in [3.8, 4) is 0 Å². The molecule has 1 unspecified atom stereocenters. The van der Waals surface area contributed by atoms with Crippen LogP contribution in [0.15, 0.2) is 23.3 Å². The Morgan fingerprint density at radius 1 is 1.50 bits per heavy atom. The van der Waals surface area contributed by atoms with Gasteiger partial charge in [0.25, 0.3) is 0 Å². The summed E-state index contributed by atoms with van der Waals surface area (Å²) in [4.78, 5) is 10.5. The van der Waals surface area contributed by atoms with Gasteiger partial charge in [0.15, 0.2) is 17.6 Å². The molecule has 7 heteroatoms. The zero-order chi connectivity index (χ0) is 18.4. The van der Waals surface area contributed by atoms with E-state index in [-0.39, 0.29) is 11.9 Å². The Kier molecular flexibility index (Phi) is 6.29. The van der Waals surface area contributed by atoms with Crippen LogP contribution in [0.1, 0.15) is 32.1 Å². The van der Waals surface area contributed by atoms with E-state index in [0.717, 1.165) is 45.0 Å². The minimum Gasteiger partial charge on any atom is -0.385 e. The fraction of sp³-hybridized carbons (Fsp3) is 0.684. The maximum absolute atomic E-state index is 13.9. The lowest BCUT2D eigenvalue weighted by atomic mass is 9.67. The number of hydrogen-bond acceptors (Lipinski definition) is 4. The first-order chi connectivity index (χ1) is 12.7.